The van der Waals surface area contributed by atoms with Crippen LogP contribution in [0.1, 0.15) is 75.1 Å². The molecule has 0 unspecified atom stereocenters. The van der Waals surface area contributed by atoms with E-state index in [-0.39, 0.29) is 5.41 Å². The van der Waals surface area contributed by atoms with Crippen molar-refractivity contribution in [3.05, 3.63) is 46.5 Å². The molecule has 0 saturated heterocycles. The van der Waals surface area contributed by atoms with Crippen molar-refractivity contribution in [3.63, 3.8) is 0 Å². The maximum absolute atomic E-state index is 9.50. The molecule has 0 bridgehead atoms. The third kappa shape index (κ3) is 3.08. The molecule has 24 heavy (non-hydrogen) atoms. The summed E-state index contributed by atoms with van der Waals surface area (Å²) in [4.78, 5) is 0. The molecule has 0 aliphatic heterocycles. The molecular weight excluding hydrogens is 325 g/mol. The van der Waals surface area contributed by atoms with Gasteiger partial charge in [-0.05, 0) is 56.7 Å². The van der Waals surface area contributed by atoms with Gasteiger partial charge in [-0.25, -0.2) is 0 Å². The summed E-state index contributed by atoms with van der Waals surface area (Å²) in [6, 6.07) is 8.84. The topological polar surface area (TPSA) is 30.7 Å². The second kappa shape index (κ2) is 6.83. The molecule has 130 valence electrons. The maximum atomic E-state index is 9.50. The summed E-state index contributed by atoms with van der Waals surface area (Å²) in [7, 11) is 0.500. The van der Waals surface area contributed by atoms with Gasteiger partial charge in [-0.3, -0.25) is 4.39 Å². The fourth-order valence-electron chi connectivity index (χ4n) is 3.30. The first kappa shape index (κ1) is 17.4. The summed E-state index contributed by atoms with van der Waals surface area (Å²) in [6.45, 7) is 4.52. The first-order valence-electron chi connectivity index (χ1n) is 8.72. The molecule has 0 spiro atoms. The Hall–Kier alpha value is -1.42. The van der Waals surface area contributed by atoms with E-state index in [9.17, 15) is 4.39 Å². The fraction of sp³-hybridized carbons (Fsp3) is 0.579. The van der Waals surface area contributed by atoms with Gasteiger partial charge in [0.15, 0.2) is 0 Å². The Morgan fingerprint density at radius 2 is 1.75 bits per heavy atom. The monoisotopic (exact) mass is 349 g/mol. The second-order valence-electron chi connectivity index (χ2n) is 6.95. The Labute approximate surface area is 148 Å². The van der Waals surface area contributed by atoms with Crippen LogP contribution in [0.25, 0.3) is 0 Å². The van der Waals surface area contributed by atoms with Crippen molar-refractivity contribution >= 4 is 11.6 Å². The SMILES string of the molecule is CC[C@](C)(c1ccc(Cl)cc1)c1nnc(C2CC2)n1C1CC1.CF. The van der Waals surface area contributed by atoms with E-state index >= 15 is 0 Å². The van der Waals surface area contributed by atoms with E-state index in [1.807, 2.05) is 12.1 Å². The summed E-state index contributed by atoms with van der Waals surface area (Å²) in [5.74, 6) is 3.01. The second-order valence-corrected chi connectivity index (χ2v) is 7.39. The summed E-state index contributed by atoms with van der Waals surface area (Å²) in [5.41, 5.74) is 1.17. The smallest absolute Gasteiger partial charge is 0.143 e. The predicted octanol–water partition coefficient (Wildman–Crippen LogP) is 5.45. The quantitative estimate of drug-likeness (QED) is 0.719. The van der Waals surface area contributed by atoms with Gasteiger partial charge in [-0.1, -0.05) is 30.7 Å². The van der Waals surface area contributed by atoms with Gasteiger partial charge in [-0.2, -0.15) is 0 Å². The standard InChI is InChI=1S/C18H22ClN3.CH3F/c1-3-18(2,13-6-8-14(19)9-7-13)17-21-20-16(12-4-5-12)22(17)15-10-11-15;1-2/h6-9,12,15H,3-5,10-11H2,1-2H3;1H3/t18-;/m1./s1. The number of halogens is 2. The van der Waals surface area contributed by atoms with Crippen LogP contribution in [0.4, 0.5) is 4.39 Å². The van der Waals surface area contributed by atoms with E-state index in [2.05, 4.69) is 40.7 Å². The molecule has 2 saturated carbocycles. The number of rotatable bonds is 5. The Morgan fingerprint density at radius 1 is 1.12 bits per heavy atom. The van der Waals surface area contributed by atoms with Gasteiger partial charge in [-0.15, -0.1) is 10.2 Å². The highest BCUT2D eigenvalue weighted by Crippen LogP contribution is 2.47. The van der Waals surface area contributed by atoms with Gasteiger partial charge in [0.05, 0.1) is 12.6 Å². The van der Waals surface area contributed by atoms with E-state index in [4.69, 9.17) is 11.6 Å². The molecule has 1 aromatic heterocycles. The van der Waals surface area contributed by atoms with E-state index in [1.54, 1.807) is 0 Å². The molecule has 0 radical (unpaired) electrons. The molecule has 3 nitrogen and oxygen atoms in total. The molecule has 4 rings (SSSR count). The molecule has 2 aromatic rings. The van der Waals surface area contributed by atoms with Gasteiger partial charge in [0.1, 0.15) is 11.6 Å². The van der Waals surface area contributed by atoms with E-state index < -0.39 is 0 Å². The van der Waals surface area contributed by atoms with Crippen molar-refractivity contribution in [2.75, 3.05) is 7.18 Å². The molecule has 5 heteroatoms. The van der Waals surface area contributed by atoms with Gasteiger partial charge < -0.3 is 4.57 Å². The molecule has 0 amide bonds. The number of hydrogen-bond donors (Lipinski definition) is 0. The van der Waals surface area contributed by atoms with Crippen LogP contribution in [0.5, 0.6) is 0 Å². The van der Waals surface area contributed by atoms with Crippen molar-refractivity contribution in [3.8, 4) is 0 Å². The van der Waals surface area contributed by atoms with Crippen molar-refractivity contribution in [2.45, 2.75) is 63.3 Å². The third-order valence-corrected chi connectivity index (χ3v) is 5.51. The summed E-state index contributed by atoms with van der Waals surface area (Å²) in [5, 5.41) is 10.0. The Morgan fingerprint density at radius 3 is 2.25 bits per heavy atom. The summed E-state index contributed by atoms with van der Waals surface area (Å²) >= 11 is 6.06. The predicted molar refractivity (Wildman–Crippen MR) is 95.5 cm³/mol. The minimum atomic E-state index is -0.104. The van der Waals surface area contributed by atoms with E-state index in [0.717, 1.165) is 17.3 Å². The average molecular weight is 350 g/mol. The van der Waals surface area contributed by atoms with Crippen LogP contribution < -0.4 is 0 Å². The lowest BCUT2D eigenvalue weighted by Gasteiger charge is -2.29. The van der Waals surface area contributed by atoms with Gasteiger partial charge >= 0.3 is 0 Å². The maximum Gasteiger partial charge on any atom is 0.143 e. The molecule has 0 N–H and O–H groups in total. The molecule has 2 aliphatic carbocycles. The number of aromatic nitrogens is 3. The van der Waals surface area contributed by atoms with Crippen LogP contribution in [0.15, 0.2) is 24.3 Å². The highest BCUT2D eigenvalue weighted by molar-refractivity contribution is 6.30. The minimum absolute atomic E-state index is 0.104. The summed E-state index contributed by atoms with van der Waals surface area (Å²) < 4.78 is 12.0. The van der Waals surface area contributed by atoms with Crippen molar-refractivity contribution in [1.82, 2.24) is 14.8 Å². The Balaban J connectivity index is 0.000000815. The summed E-state index contributed by atoms with van der Waals surface area (Å²) in [6.07, 6.45) is 6.09. The first-order chi connectivity index (χ1) is 11.6. The lowest BCUT2D eigenvalue weighted by molar-refractivity contribution is 0.473. The van der Waals surface area contributed by atoms with Crippen molar-refractivity contribution in [1.29, 1.82) is 0 Å². The third-order valence-electron chi connectivity index (χ3n) is 5.26. The van der Waals surface area contributed by atoms with Crippen LogP contribution in [0.2, 0.25) is 5.02 Å². The minimum Gasteiger partial charge on any atom is -0.311 e. The van der Waals surface area contributed by atoms with Gasteiger partial charge in [0.2, 0.25) is 0 Å². The number of benzene rings is 1. The van der Waals surface area contributed by atoms with Crippen LogP contribution in [-0.4, -0.2) is 21.9 Å². The lowest BCUT2D eigenvalue weighted by atomic mass is 9.79. The molecule has 1 atom stereocenters. The molecule has 2 aliphatic rings. The average Bonchev–Trinajstić information content (AvgIpc) is 3.55. The Bertz CT molecular complexity index is 689. The molecule has 1 aromatic carbocycles. The number of hydrogen-bond acceptors (Lipinski definition) is 2. The molecule has 1 heterocycles. The van der Waals surface area contributed by atoms with Crippen LogP contribution >= 0.6 is 11.6 Å². The largest absolute Gasteiger partial charge is 0.311 e. The fourth-order valence-corrected chi connectivity index (χ4v) is 3.43. The van der Waals surface area contributed by atoms with Gasteiger partial charge in [0, 0.05) is 17.0 Å². The van der Waals surface area contributed by atoms with Crippen LogP contribution in [0.3, 0.4) is 0 Å². The molecule has 2 fully saturated rings. The van der Waals surface area contributed by atoms with E-state index in [0.29, 0.717) is 19.1 Å². The number of nitrogens with zero attached hydrogens (tertiary/aromatic N) is 3. The van der Waals surface area contributed by atoms with Crippen molar-refractivity contribution < 1.29 is 4.39 Å². The molecular formula is C19H25ClFN3. The first-order valence-corrected chi connectivity index (χ1v) is 9.10. The zero-order valence-electron chi connectivity index (χ0n) is 14.6. The van der Waals surface area contributed by atoms with Gasteiger partial charge in [0.25, 0.3) is 0 Å². The van der Waals surface area contributed by atoms with Crippen LogP contribution in [0, 0.1) is 0 Å². The zero-order chi connectivity index (χ0) is 17.3. The highest BCUT2D eigenvalue weighted by Gasteiger charge is 2.41. The van der Waals surface area contributed by atoms with Crippen molar-refractivity contribution in [2.24, 2.45) is 0 Å². The van der Waals surface area contributed by atoms with Crippen LogP contribution in [-0.2, 0) is 5.41 Å². The lowest BCUT2D eigenvalue weighted by Crippen LogP contribution is -2.27. The Kier molecular flexibility index (Phi) is 4.95. The highest BCUT2D eigenvalue weighted by atomic mass is 35.5. The number of alkyl halides is 1. The normalized spacial score (nSPS) is 19.4. The van der Waals surface area contributed by atoms with E-state index in [1.165, 1.54) is 37.1 Å². The zero-order valence-corrected chi connectivity index (χ0v) is 15.4.